The van der Waals surface area contributed by atoms with Crippen molar-refractivity contribution in [2.75, 3.05) is 0 Å². The van der Waals surface area contributed by atoms with E-state index in [1.54, 1.807) is 18.5 Å². The van der Waals surface area contributed by atoms with Gasteiger partial charge in [0.2, 0.25) is 0 Å². The highest BCUT2D eigenvalue weighted by Crippen LogP contribution is 2.18. The lowest BCUT2D eigenvalue weighted by Gasteiger charge is -2.04. The number of nitrogens with zero attached hydrogens (tertiary/aromatic N) is 1. The smallest absolute Gasteiger partial charge is 0.0926 e. The van der Waals surface area contributed by atoms with Crippen molar-refractivity contribution in [2.45, 2.75) is 20.3 Å². The molecule has 1 N–H and O–H groups in total. The normalized spacial score (nSPS) is 11.4. The lowest BCUT2D eigenvalue weighted by atomic mass is 10.0. The summed E-state index contributed by atoms with van der Waals surface area (Å²) >= 11 is 0. The molecule has 0 saturated heterocycles. The number of pyridine rings is 1. The first-order chi connectivity index (χ1) is 6.65. The van der Waals surface area contributed by atoms with E-state index in [-0.39, 0.29) is 0 Å². The number of aromatic nitrogens is 1. The Bertz CT molecular complexity index is 366. The fourth-order valence-corrected chi connectivity index (χ4v) is 1.17. The van der Waals surface area contributed by atoms with Crippen molar-refractivity contribution in [1.29, 1.82) is 0 Å². The molecule has 0 atom stereocenters. The van der Waals surface area contributed by atoms with Gasteiger partial charge in [0.1, 0.15) is 0 Å². The van der Waals surface area contributed by atoms with Crippen LogP contribution >= 0.6 is 0 Å². The SMILES string of the molecule is C=C(C)c1cnccc1/C=C(/O)CC. The summed E-state index contributed by atoms with van der Waals surface area (Å²) in [5.41, 5.74) is 2.90. The molecule has 0 aliphatic carbocycles. The molecule has 14 heavy (non-hydrogen) atoms. The second kappa shape index (κ2) is 4.61. The molecule has 2 heteroatoms. The molecule has 1 heterocycles. The Morgan fingerprint density at radius 1 is 1.64 bits per heavy atom. The molecule has 1 aromatic heterocycles. The Hall–Kier alpha value is -1.57. The van der Waals surface area contributed by atoms with Crippen molar-refractivity contribution < 1.29 is 5.11 Å². The molecule has 2 nitrogen and oxygen atoms in total. The van der Waals surface area contributed by atoms with Gasteiger partial charge < -0.3 is 5.11 Å². The molecule has 0 aromatic carbocycles. The summed E-state index contributed by atoms with van der Waals surface area (Å²) in [6.45, 7) is 7.71. The van der Waals surface area contributed by atoms with E-state index in [9.17, 15) is 5.11 Å². The van der Waals surface area contributed by atoms with Gasteiger partial charge in [0.05, 0.1) is 5.76 Å². The standard InChI is InChI=1S/C12H15NO/c1-4-11(14)7-10-5-6-13-8-12(10)9(2)3/h5-8,14H,2,4H2,1,3H3/b11-7+. The van der Waals surface area contributed by atoms with Crippen molar-refractivity contribution >= 4 is 11.6 Å². The molecular formula is C12H15NO. The average molecular weight is 189 g/mol. The lowest BCUT2D eigenvalue weighted by molar-refractivity contribution is 0.400. The van der Waals surface area contributed by atoms with Crippen LogP contribution in [0.15, 0.2) is 30.8 Å². The van der Waals surface area contributed by atoms with Crippen molar-refractivity contribution in [1.82, 2.24) is 4.98 Å². The average Bonchev–Trinajstić information content (AvgIpc) is 2.18. The van der Waals surface area contributed by atoms with Crippen molar-refractivity contribution in [2.24, 2.45) is 0 Å². The number of aliphatic hydroxyl groups is 1. The molecule has 74 valence electrons. The number of allylic oxidation sites excluding steroid dienone is 2. The van der Waals surface area contributed by atoms with Crippen LogP contribution < -0.4 is 0 Å². The quantitative estimate of drug-likeness (QED) is 0.739. The third-order valence-corrected chi connectivity index (χ3v) is 2.00. The zero-order chi connectivity index (χ0) is 10.6. The molecule has 0 amide bonds. The highest BCUT2D eigenvalue weighted by atomic mass is 16.3. The van der Waals surface area contributed by atoms with E-state index in [1.165, 1.54) is 0 Å². The fourth-order valence-electron chi connectivity index (χ4n) is 1.17. The Kier molecular flexibility index (Phi) is 3.46. The minimum atomic E-state index is 0.374. The number of hydrogen-bond donors (Lipinski definition) is 1. The van der Waals surface area contributed by atoms with E-state index >= 15 is 0 Å². The Morgan fingerprint density at radius 3 is 2.93 bits per heavy atom. The summed E-state index contributed by atoms with van der Waals surface area (Å²) < 4.78 is 0. The van der Waals surface area contributed by atoms with Crippen molar-refractivity contribution in [3.63, 3.8) is 0 Å². The van der Waals surface area contributed by atoms with Gasteiger partial charge in [-0.2, -0.15) is 0 Å². The van der Waals surface area contributed by atoms with Gasteiger partial charge in [0.15, 0.2) is 0 Å². The van der Waals surface area contributed by atoms with Gasteiger partial charge in [0, 0.05) is 24.4 Å². The van der Waals surface area contributed by atoms with Crippen LogP contribution in [-0.2, 0) is 0 Å². The maximum atomic E-state index is 9.43. The van der Waals surface area contributed by atoms with Gasteiger partial charge in [-0.15, -0.1) is 0 Å². The summed E-state index contributed by atoms with van der Waals surface area (Å²) in [4.78, 5) is 4.03. The van der Waals surface area contributed by atoms with Crippen LogP contribution in [0.25, 0.3) is 11.6 Å². The summed E-state index contributed by atoms with van der Waals surface area (Å²) in [7, 11) is 0. The first-order valence-corrected chi connectivity index (χ1v) is 4.64. The molecule has 0 radical (unpaired) electrons. The molecule has 0 fully saturated rings. The molecule has 0 unspecified atom stereocenters. The van der Waals surface area contributed by atoms with Gasteiger partial charge in [0.25, 0.3) is 0 Å². The first kappa shape index (κ1) is 10.5. The van der Waals surface area contributed by atoms with Crippen LogP contribution in [0.2, 0.25) is 0 Å². The first-order valence-electron chi connectivity index (χ1n) is 4.64. The highest BCUT2D eigenvalue weighted by Gasteiger charge is 2.00. The van der Waals surface area contributed by atoms with Gasteiger partial charge in [-0.1, -0.05) is 13.5 Å². The van der Waals surface area contributed by atoms with E-state index in [0.717, 1.165) is 16.7 Å². The minimum Gasteiger partial charge on any atom is -0.512 e. The number of rotatable bonds is 3. The van der Waals surface area contributed by atoms with E-state index in [4.69, 9.17) is 0 Å². The van der Waals surface area contributed by atoms with Gasteiger partial charge in [-0.25, -0.2) is 0 Å². The van der Waals surface area contributed by atoms with Crippen LogP contribution in [0.1, 0.15) is 31.4 Å². The predicted molar refractivity (Wildman–Crippen MR) is 59.8 cm³/mol. The van der Waals surface area contributed by atoms with Crippen molar-refractivity contribution in [3.8, 4) is 0 Å². The zero-order valence-electron chi connectivity index (χ0n) is 8.62. The third-order valence-electron chi connectivity index (χ3n) is 2.00. The van der Waals surface area contributed by atoms with Crippen LogP contribution in [0, 0.1) is 0 Å². The Balaban J connectivity index is 3.14. The fraction of sp³-hybridized carbons (Fsp3) is 0.250. The van der Waals surface area contributed by atoms with E-state index in [0.29, 0.717) is 12.2 Å². The second-order valence-electron chi connectivity index (χ2n) is 3.23. The van der Waals surface area contributed by atoms with Crippen LogP contribution in [0.4, 0.5) is 0 Å². The summed E-state index contributed by atoms with van der Waals surface area (Å²) in [6.07, 6.45) is 5.86. The Morgan fingerprint density at radius 2 is 2.36 bits per heavy atom. The molecule has 1 rings (SSSR count). The third kappa shape index (κ3) is 2.46. The highest BCUT2D eigenvalue weighted by molar-refractivity contribution is 5.71. The van der Waals surface area contributed by atoms with Gasteiger partial charge in [-0.3, -0.25) is 4.98 Å². The van der Waals surface area contributed by atoms with Crippen LogP contribution in [-0.4, -0.2) is 10.1 Å². The molecule has 1 aromatic rings. The van der Waals surface area contributed by atoms with Gasteiger partial charge in [-0.05, 0) is 30.2 Å². The molecule has 0 spiro atoms. The molecule has 0 saturated carbocycles. The van der Waals surface area contributed by atoms with E-state index < -0.39 is 0 Å². The zero-order valence-corrected chi connectivity index (χ0v) is 8.62. The molecule has 0 bridgehead atoms. The largest absolute Gasteiger partial charge is 0.512 e. The van der Waals surface area contributed by atoms with E-state index in [2.05, 4.69) is 11.6 Å². The maximum absolute atomic E-state index is 9.43. The minimum absolute atomic E-state index is 0.374. The van der Waals surface area contributed by atoms with Crippen molar-refractivity contribution in [3.05, 3.63) is 41.9 Å². The lowest BCUT2D eigenvalue weighted by Crippen LogP contribution is -1.88. The van der Waals surface area contributed by atoms with E-state index in [1.807, 2.05) is 19.9 Å². The maximum Gasteiger partial charge on any atom is 0.0926 e. The summed E-state index contributed by atoms with van der Waals surface area (Å²) in [5, 5.41) is 9.43. The van der Waals surface area contributed by atoms with Crippen LogP contribution in [0.5, 0.6) is 0 Å². The predicted octanol–water partition coefficient (Wildman–Crippen LogP) is 3.42. The monoisotopic (exact) mass is 189 g/mol. The number of aliphatic hydroxyl groups excluding tert-OH is 1. The number of hydrogen-bond acceptors (Lipinski definition) is 2. The topological polar surface area (TPSA) is 33.1 Å². The Labute approximate surface area is 84.6 Å². The summed E-state index contributed by atoms with van der Waals surface area (Å²) in [5.74, 6) is 0.374. The molecule has 0 aliphatic rings. The van der Waals surface area contributed by atoms with Crippen LogP contribution in [0.3, 0.4) is 0 Å². The second-order valence-corrected chi connectivity index (χ2v) is 3.23. The molecule has 0 aliphatic heterocycles. The summed E-state index contributed by atoms with van der Waals surface area (Å²) in [6, 6.07) is 1.87. The molecular weight excluding hydrogens is 174 g/mol. The van der Waals surface area contributed by atoms with Gasteiger partial charge >= 0.3 is 0 Å².